The van der Waals surface area contributed by atoms with Crippen LogP contribution >= 0.6 is 0 Å². The average molecular weight is 214 g/mol. The van der Waals surface area contributed by atoms with Gasteiger partial charge in [0.1, 0.15) is 0 Å². The molecule has 0 aromatic carbocycles. The first kappa shape index (κ1) is 13.7. The highest BCUT2D eigenvalue weighted by molar-refractivity contribution is 5.91. The van der Waals surface area contributed by atoms with Gasteiger partial charge in [0.05, 0.1) is 13.2 Å². The lowest BCUT2D eigenvalue weighted by molar-refractivity contribution is -0.312. The third-order valence-electron chi connectivity index (χ3n) is 1.67. The molecule has 4 N–H and O–H groups in total. The fourth-order valence-electron chi connectivity index (χ4n) is 0.846. The molecular formula is C10H18N2O3. The molecule has 0 spiro atoms. The lowest BCUT2D eigenvalue weighted by Crippen LogP contribution is -2.14. The SMILES string of the molecule is C1CCOOC1.C=CCC(=CN)C(N)=O. The minimum atomic E-state index is -0.489. The van der Waals surface area contributed by atoms with Crippen molar-refractivity contribution in [1.29, 1.82) is 0 Å². The fraction of sp³-hybridized carbons (Fsp3) is 0.500. The number of nitrogens with two attached hydrogens (primary N) is 2. The van der Waals surface area contributed by atoms with Crippen molar-refractivity contribution in [3.63, 3.8) is 0 Å². The van der Waals surface area contributed by atoms with Crippen LogP contribution in [0.1, 0.15) is 19.3 Å². The van der Waals surface area contributed by atoms with E-state index in [2.05, 4.69) is 16.4 Å². The van der Waals surface area contributed by atoms with E-state index in [4.69, 9.17) is 11.5 Å². The maximum atomic E-state index is 10.3. The number of allylic oxidation sites excluding steroid dienone is 1. The second-order valence-electron chi connectivity index (χ2n) is 2.90. The van der Waals surface area contributed by atoms with E-state index in [1.807, 2.05) is 0 Å². The van der Waals surface area contributed by atoms with Crippen LogP contribution in [0, 0.1) is 0 Å². The smallest absolute Gasteiger partial charge is 0.246 e. The molecule has 0 aromatic rings. The molecule has 1 heterocycles. The zero-order chi connectivity index (χ0) is 11.5. The van der Waals surface area contributed by atoms with Crippen molar-refractivity contribution in [1.82, 2.24) is 0 Å². The molecule has 1 amide bonds. The van der Waals surface area contributed by atoms with Crippen molar-refractivity contribution in [2.24, 2.45) is 11.5 Å². The summed E-state index contributed by atoms with van der Waals surface area (Å²) >= 11 is 0. The highest BCUT2D eigenvalue weighted by atomic mass is 17.2. The van der Waals surface area contributed by atoms with Gasteiger partial charge in [-0.25, -0.2) is 9.78 Å². The Balaban J connectivity index is 0.000000280. The van der Waals surface area contributed by atoms with E-state index in [0.717, 1.165) is 26.1 Å². The normalized spacial score (nSPS) is 16.1. The maximum absolute atomic E-state index is 10.3. The minimum Gasteiger partial charge on any atom is -0.404 e. The van der Waals surface area contributed by atoms with Crippen molar-refractivity contribution >= 4 is 5.91 Å². The predicted octanol–water partition coefficient (Wildman–Crippen LogP) is 0.619. The van der Waals surface area contributed by atoms with E-state index >= 15 is 0 Å². The van der Waals surface area contributed by atoms with Crippen LogP contribution in [-0.4, -0.2) is 19.1 Å². The Morgan fingerprint density at radius 2 is 1.87 bits per heavy atom. The number of carbonyl (C=O) groups excluding carboxylic acids is 1. The highest BCUT2D eigenvalue weighted by Crippen LogP contribution is 1.98. The Morgan fingerprint density at radius 3 is 2.00 bits per heavy atom. The van der Waals surface area contributed by atoms with Gasteiger partial charge in [-0.1, -0.05) is 6.08 Å². The molecule has 0 aliphatic carbocycles. The van der Waals surface area contributed by atoms with Crippen LogP contribution < -0.4 is 11.5 Å². The van der Waals surface area contributed by atoms with E-state index in [1.54, 1.807) is 6.08 Å². The van der Waals surface area contributed by atoms with Crippen molar-refractivity contribution < 1.29 is 14.6 Å². The van der Waals surface area contributed by atoms with Gasteiger partial charge in [0.25, 0.3) is 0 Å². The maximum Gasteiger partial charge on any atom is 0.246 e. The van der Waals surface area contributed by atoms with Gasteiger partial charge in [0, 0.05) is 11.8 Å². The molecule has 0 aromatic heterocycles. The molecule has 0 bridgehead atoms. The van der Waals surface area contributed by atoms with Crippen LogP contribution in [0.15, 0.2) is 24.4 Å². The Bertz CT molecular complexity index is 211. The van der Waals surface area contributed by atoms with Crippen molar-refractivity contribution in [3.8, 4) is 0 Å². The standard InChI is InChI=1S/C6H10N2O.C4H8O2/c1-2-3-5(4-7)6(8)9;1-2-4-6-5-3-1/h2,4H,1,3,7H2,(H2,8,9);1-4H2. The van der Waals surface area contributed by atoms with Crippen LogP contribution in [0.5, 0.6) is 0 Å². The molecule has 5 heteroatoms. The van der Waals surface area contributed by atoms with Gasteiger partial charge in [-0.2, -0.15) is 0 Å². The monoisotopic (exact) mass is 214 g/mol. The average Bonchev–Trinajstić information content (AvgIpc) is 2.28. The van der Waals surface area contributed by atoms with Gasteiger partial charge < -0.3 is 11.5 Å². The van der Waals surface area contributed by atoms with Crippen molar-refractivity contribution in [2.75, 3.05) is 13.2 Å². The van der Waals surface area contributed by atoms with Gasteiger partial charge in [-0.15, -0.1) is 6.58 Å². The Kier molecular flexibility index (Phi) is 8.42. The topological polar surface area (TPSA) is 87.6 Å². The van der Waals surface area contributed by atoms with E-state index in [-0.39, 0.29) is 0 Å². The summed E-state index contributed by atoms with van der Waals surface area (Å²) in [6, 6.07) is 0. The number of primary amides is 1. The first-order valence-electron chi connectivity index (χ1n) is 4.78. The van der Waals surface area contributed by atoms with Gasteiger partial charge in [0.2, 0.25) is 5.91 Å². The molecule has 0 radical (unpaired) electrons. The molecule has 15 heavy (non-hydrogen) atoms. The van der Waals surface area contributed by atoms with E-state index in [9.17, 15) is 4.79 Å². The summed E-state index contributed by atoms with van der Waals surface area (Å²) in [4.78, 5) is 19.5. The van der Waals surface area contributed by atoms with Crippen LogP contribution in [0.25, 0.3) is 0 Å². The molecule has 0 atom stereocenters. The summed E-state index contributed by atoms with van der Waals surface area (Å²) in [5, 5.41) is 0. The second-order valence-corrected chi connectivity index (χ2v) is 2.90. The molecule has 1 saturated heterocycles. The van der Waals surface area contributed by atoms with E-state index < -0.39 is 5.91 Å². The first-order chi connectivity index (χ1) is 7.22. The zero-order valence-electron chi connectivity index (χ0n) is 8.78. The molecule has 1 aliphatic rings. The largest absolute Gasteiger partial charge is 0.404 e. The molecular weight excluding hydrogens is 196 g/mol. The Labute approximate surface area is 89.6 Å². The van der Waals surface area contributed by atoms with Crippen LogP contribution in [0.3, 0.4) is 0 Å². The molecule has 1 aliphatic heterocycles. The third-order valence-corrected chi connectivity index (χ3v) is 1.67. The zero-order valence-corrected chi connectivity index (χ0v) is 8.78. The molecule has 1 rings (SSSR count). The van der Waals surface area contributed by atoms with Crippen LogP contribution in [0.4, 0.5) is 0 Å². The van der Waals surface area contributed by atoms with E-state index in [1.165, 1.54) is 6.20 Å². The lowest BCUT2D eigenvalue weighted by atomic mass is 10.2. The number of hydrogen-bond donors (Lipinski definition) is 2. The lowest BCUT2D eigenvalue weighted by Gasteiger charge is -2.07. The fourth-order valence-corrected chi connectivity index (χ4v) is 0.846. The quantitative estimate of drug-likeness (QED) is 0.409. The predicted molar refractivity (Wildman–Crippen MR) is 57.4 cm³/mol. The summed E-state index contributed by atoms with van der Waals surface area (Å²) in [5.41, 5.74) is 10.3. The summed E-state index contributed by atoms with van der Waals surface area (Å²) in [6.07, 6.45) is 5.51. The van der Waals surface area contributed by atoms with Gasteiger partial charge >= 0.3 is 0 Å². The highest BCUT2D eigenvalue weighted by Gasteiger charge is 1.98. The van der Waals surface area contributed by atoms with Crippen LogP contribution in [-0.2, 0) is 14.6 Å². The summed E-state index contributed by atoms with van der Waals surface area (Å²) in [6.45, 7) is 4.98. The number of rotatable bonds is 3. The van der Waals surface area contributed by atoms with Crippen molar-refractivity contribution in [2.45, 2.75) is 19.3 Å². The molecule has 0 saturated carbocycles. The summed E-state index contributed by atoms with van der Waals surface area (Å²) in [7, 11) is 0. The Morgan fingerprint density at radius 1 is 1.33 bits per heavy atom. The second kappa shape index (κ2) is 9.23. The Hall–Kier alpha value is -1.33. The molecule has 0 unspecified atom stereocenters. The number of amides is 1. The summed E-state index contributed by atoms with van der Waals surface area (Å²) < 4.78 is 0. The first-order valence-corrected chi connectivity index (χ1v) is 4.78. The van der Waals surface area contributed by atoms with E-state index in [0.29, 0.717) is 12.0 Å². The molecule has 1 fully saturated rings. The number of carbonyl (C=O) groups is 1. The molecule has 5 nitrogen and oxygen atoms in total. The third kappa shape index (κ3) is 7.72. The van der Waals surface area contributed by atoms with Crippen LogP contribution in [0.2, 0.25) is 0 Å². The molecule has 86 valence electrons. The van der Waals surface area contributed by atoms with Crippen molar-refractivity contribution in [3.05, 3.63) is 24.4 Å². The minimum absolute atomic E-state index is 0.394. The van der Waals surface area contributed by atoms with Gasteiger partial charge in [-0.3, -0.25) is 4.79 Å². The summed E-state index contributed by atoms with van der Waals surface area (Å²) in [5.74, 6) is -0.489. The van der Waals surface area contributed by atoms with Gasteiger partial charge in [-0.05, 0) is 19.3 Å². The number of hydrogen-bond acceptors (Lipinski definition) is 4. The van der Waals surface area contributed by atoms with Gasteiger partial charge in [0.15, 0.2) is 0 Å².